The number of hydrogen-bond donors (Lipinski definition) is 0. The third-order valence-electron chi connectivity index (χ3n) is 2.84. The molecule has 0 saturated carbocycles. The highest BCUT2D eigenvalue weighted by atomic mass is 32.2. The molecule has 5 fully saturated rings. The highest BCUT2D eigenvalue weighted by molar-refractivity contribution is 8.02. The molecule has 0 aromatic rings. The zero-order valence-electron chi connectivity index (χ0n) is 9.00. The Kier molecular flexibility index (Phi) is 3.96. The highest BCUT2D eigenvalue weighted by Gasteiger charge is 2.38. The molecule has 5 rings (SSSR count). The predicted octanol–water partition coefficient (Wildman–Crippen LogP) is 0.949. The molecule has 4 nitrogen and oxygen atoms in total. The zero-order valence-corrected chi connectivity index (χ0v) is 10.6. The molecule has 0 aromatic heterocycles. The van der Waals surface area contributed by atoms with Crippen LogP contribution in [0.1, 0.15) is 0 Å². The highest BCUT2D eigenvalue weighted by Crippen LogP contribution is 2.27. The van der Waals surface area contributed by atoms with Crippen molar-refractivity contribution in [1.82, 2.24) is 0 Å². The molecule has 0 spiro atoms. The second-order valence-corrected chi connectivity index (χ2v) is 6.32. The molecule has 5 aliphatic heterocycles. The van der Waals surface area contributed by atoms with E-state index in [1.807, 2.05) is 23.5 Å². The Balaban J connectivity index is 1.67. The third kappa shape index (κ3) is 2.68. The fraction of sp³-hybridized carbons (Fsp3) is 1.00. The summed E-state index contributed by atoms with van der Waals surface area (Å²) in [6, 6.07) is 0. The Morgan fingerprint density at radius 1 is 0.750 bits per heavy atom. The summed E-state index contributed by atoms with van der Waals surface area (Å²) in [5, 5.41) is 0. The normalized spacial score (nSPS) is 45.0. The number of rotatable bonds is 0. The van der Waals surface area contributed by atoms with Gasteiger partial charge in [0, 0.05) is 23.0 Å². The van der Waals surface area contributed by atoms with E-state index in [4.69, 9.17) is 18.9 Å². The van der Waals surface area contributed by atoms with E-state index in [-0.39, 0.29) is 24.8 Å². The maximum atomic E-state index is 5.81. The van der Waals surface area contributed by atoms with Crippen molar-refractivity contribution in [3.63, 3.8) is 0 Å². The van der Waals surface area contributed by atoms with Gasteiger partial charge in [0.1, 0.15) is 12.2 Å². The monoisotopic (exact) mass is 264 g/mol. The first kappa shape index (κ1) is 11.6. The maximum Gasteiger partial charge on any atom is 0.167 e. The fourth-order valence-corrected chi connectivity index (χ4v) is 4.00. The summed E-state index contributed by atoms with van der Waals surface area (Å²) in [6.45, 7) is 1.28. The van der Waals surface area contributed by atoms with Crippen molar-refractivity contribution in [2.45, 2.75) is 24.8 Å². The van der Waals surface area contributed by atoms with Gasteiger partial charge in [-0.1, -0.05) is 0 Å². The van der Waals surface area contributed by atoms with Gasteiger partial charge in [0.2, 0.25) is 0 Å². The van der Waals surface area contributed by atoms with Gasteiger partial charge in [0.15, 0.2) is 12.6 Å². The second-order valence-electron chi connectivity index (χ2n) is 4.02. The summed E-state index contributed by atoms with van der Waals surface area (Å²) in [5.74, 6) is 4.09. The Labute approximate surface area is 104 Å². The van der Waals surface area contributed by atoms with E-state index in [0.29, 0.717) is 13.2 Å². The minimum atomic E-state index is -0.0839. The van der Waals surface area contributed by atoms with Crippen LogP contribution in [-0.4, -0.2) is 61.0 Å². The van der Waals surface area contributed by atoms with Crippen molar-refractivity contribution >= 4 is 23.5 Å². The van der Waals surface area contributed by atoms with E-state index >= 15 is 0 Å². The van der Waals surface area contributed by atoms with E-state index in [9.17, 15) is 0 Å². The SMILES string of the molecule is C1CSC[C@H]2OC[C@H]3O[C@@H](CS1)OC[C@H]3O2. The molecular weight excluding hydrogens is 248 g/mol. The molecule has 6 heteroatoms. The Morgan fingerprint density at radius 2 is 1.25 bits per heavy atom. The van der Waals surface area contributed by atoms with Crippen molar-refractivity contribution in [3.8, 4) is 0 Å². The molecule has 0 aromatic carbocycles. The molecule has 4 bridgehead atoms. The Bertz CT molecular complexity index is 213. The van der Waals surface area contributed by atoms with Crippen molar-refractivity contribution in [2.24, 2.45) is 0 Å². The summed E-state index contributed by atoms with van der Waals surface area (Å²) in [4.78, 5) is 0. The first-order chi connectivity index (χ1) is 7.92. The average Bonchev–Trinajstić information content (AvgIpc) is 2.30. The van der Waals surface area contributed by atoms with Crippen molar-refractivity contribution < 1.29 is 18.9 Å². The molecule has 0 unspecified atom stereocenters. The average molecular weight is 264 g/mol. The Hall–Kier alpha value is 0.540. The maximum absolute atomic E-state index is 5.81. The van der Waals surface area contributed by atoms with Crippen LogP contribution in [0.15, 0.2) is 0 Å². The molecule has 0 radical (unpaired) electrons. The van der Waals surface area contributed by atoms with Crippen LogP contribution in [0, 0.1) is 0 Å². The number of hydrogen-bond acceptors (Lipinski definition) is 6. The van der Waals surface area contributed by atoms with Crippen LogP contribution in [0.3, 0.4) is 0 Å². The van der Waals surface area contributed by atoms with Crippen LogP contribution in [0.2, 0.25) is 0 Å². The quantitative estimate of drug-likeness (QED) is 0.648. The van der Waals surface area contributed by atoms with Gasteiger partial charge in [0.25, 0.3) is 0 Å². The van der Waals surface area contributed by atoms with Crippen LogP contribution in [0.25, 0.3) is 0 Å². The van der Waals surface area contributed by atoms with E-state index in [0.717, 1.165) is 23.0 Å². The van der Waals surface area contributed by atoms with Crippen molar-refractivity contribution in [1.29, 1.82) is 0 Å². The number of ether oxygens (including phenoxy) is 4. The molecule has 0 amide bonds. The number of thioether (sulfide) groups is 2. The van der Waals surface area contributed by atoms with Crippen LogP contribution in [-0.2, 0) is 18.9 Å². The zero-order chi connectivity index (χ0) is 10.8. The van der Waals surface area contributed by atoms with Gasteiger partial charge in [0.05, 0.1) is 13.2 Å². The largest absolute Gasteiger partial charge is 0.349 e. The van der Waals surface area contributed by atoms with E-state index in [1.165, 1.54) is 0 Å². The minimum absolute atomic E-state index is 0.0556. The lowest BCUT2D eigenvalue weighted by atomic mass is 10.2. The van der Waals surface area contributed by atoms with Gasteiger partial charge < -0.3 is 18.9 Å². The fourth-order valence-electron chi connectivity index (χ4n) is 1.99. The molecule has 5 aliphatic rings. The van der Waals surface area contributed by atoms with Gasteiger partial charge in [-0.05, 0) is 0 Å². The summed E-state index contributed by atoms with van der Waals surface area (Å²) in [7, 11) is 0. The third-order valence-corrected chi connectivity index (χ3v) is 5.10. The summed E-state index contributed by atoms with van der Waals surface area (Å²) in [5.41, 5.74) is 0. The lowest BCUT2D eigenvalue weighted by molar-refractivity contribution is -0.326. The van der Waals surface area contributed by atoms with Gasteiger partial charge in [-0.15, -0.1) is 0 Å². The molecule has 16 heavy (non-hydrogen) atoms. The first-order valence-corrected chi connectivity index (χ1v) is 7.92. The summed E-state index contributed by atoms with van der Waals surface area (Å²) in [6.07, 6.45) is -0.0566. The Morgan fingerprint density at radius 3 is 1.75 bits per heavy atom. The van der Waals surface area contributed by atoms with Crippen LogP contribution in [0.5, 0.6) is 0 Å². The molecule has 92 valence electrons. The van der Waals surface area contributed by atoms with Gasteiger partial charge in [-0.25, -0.2) is 0 Å². The molecular formula is C10H16O4S2. The number of fused-ring (bicyclic) bond motifs is 2. The topological polar surface area (TPSA) is 36.9 Å². The van der Waals surface area contributed by atoms with Crippen LogP contribution in [0.4, 0.5) is 0 Å². The first-order valence-electron chi connectivity index (χ1n) is 5.61. The summed E-state index contributed by atoms with van der Waals surface area (Å²) >= 11 is 3.80. The summed E-state index contributed by atoms with van der Waals surface area (Å²) < 4.78 is 22.9. The van der Waals surface area contributed by atoms with E-state index < -0.39 is 0 Å². The molecule has 0 aliphatic carbocycles. The molecule has 5 heterocycles. The van der Waals surface area contributed by atoms with Gasteiger partial charge in [-0.2, -0.15) is 23.5 Å². The second kappa shape index (κ2) is 5.46. The lowest BCUT2D eigenvalue weighted by Gasteiger charge is -2.42. The van der Waals surface area contributed by atoms with E-state index in [1.54, 1.807) is 0 Å². The smallest absolute Gasteiger partial charge is 0.167 e. The van der Waals surface area contributed by atoms with Crippen molar-refractivity contribution in [3.05, 3.63) is 0 Å². The minimum Gasteiger partial charge on any atom is -0.349 e. The molecule has 4 atom stereocenters. The lowest BCUT2D eigenvalue weighted by Crippen LogP contribution is -2.54. The molecule has 0 N–H and O–H groups in total. The van der Waals surface area contributed by atoms with E-state index in [2.05, 4.69) is 0 Å². The van der Waals surface area contributed by atoms with Gasteiger partial charge >= 0.3 is 0 Å². The van der Waals surface area contributed by atoms with Crippen LogP contribution >= 0.6 is 23.5 Å². The molecule has 5 saturated heterocycles. The van der Waals surface area contributed by atoms with Gasteiger partial charge in [-0.3, -0.25) is 0 Å². The van der Waals surface area contributed by atoms with Crippen LogP contribution < -0.4 is 0 Å². The van der Waals surface area contributed by atoms with Crippen molar-refractivity contribution in [2.75, 3.05) is 36.2 Å². The standard InChI is InChI=1S/C10H16O4S2/c1-2-16-6-10-12-4-7-8(14-10)3-11-9(13-7)5-15-1/h7-10H,1-6H2/t7-,8-,9+,10+/m1/s1. The predicted molar refractivity (Wildman–Crippen MR) is 63.9 cm³/mol.